The first kappa shape index (κ1) is 11.7. The van der Waals surface area contributed by atoms with Crippen LogP contribution in [0.15, 0.2) is 18.2 Å². The minimum absolute atomic E-state index is 0.0505. The highest BCUT2D eigenvalue weighted by Crippen LogP contribution is 2.28. The Labute approximate surface area is 99.4 Å². The highest BCUT2D eigenvalue weighted by Gasteiger charge is 2.13. The lowest BCUT2D eigenvalue weighted by atomic mass is 10.1. The maximum Gasteiger partial charge on any atom is 0.152 e. The summed E-state index contributed by atoms with van der Waals surface area (Å²) in [5, 5.41) is 9.92. The fourth-order valence-electron chi connectivity index (χ4n) is 2.15. The monoisotopic (exact) mass is 233 g/mol. The summed E-state index contributed by atoms with van der Waals surface area (Å²) in [5.74, 6) is 0.724. The van der Waals surface area contributed by atoms with Crippen molar-refractivity contribution in [1.82, 2.24) is 4.57 Å². The average Bonchev–Trinajstić information content (AvgIpc) is 2.62. The maximum absolute atomic E-state index is 11.1. The molecule has 0 spiro atoms. The van der Waals surface area contributed by atoms with E-state index in [1.807, 2.05) is 29.7 Å². The molecule has 0 radical (unpaired) electrons. The second-order valence-corrected chi connectivity index (χ2v) is 3.88. The van der Waals surface area contributed by atoms with Gasteiger partial charge in [-0.3, -0.25) is 4.79 Å². The molecular weight excluding hydrogens is 218 g/mol. The minimum atomic E-state index is 0.0505. The Bertz CT molecular complexity index is 557. The van der Waals surface area contributed by atoms with Crippen molar-refractivity contribution in [3.05, 3.63) is 29.5 Å². The first-order chi connectivity index (χ1) is 8.22. The van der Waals surface area contributed by atoms with Gasteiger partial charge in [-0.25, -0.2) is 0 Å². The van der Waals surface area contributed by atoms with Gasteiger partial charge < -0.3 is 14.4 Å². The Morgan fingerprint density at radius 2 is 2.24 bits per heavy atom. The third-order valence-corrected chi connectivity index (χ3v) is 3.02. The molecule has 2 rings (SSSR count). The number of ether oxygens (including phenoxy) is 1. The van der Waals surface area contributed by atoms with Gasteiger partial charge in [0.15, 0.2) is 6.29 Å². The van der Waals surface area contributed by atoms with Gasteiger partial charge in [0.25, 0.3) is 0 Å². The number of carbonyl (C=O) groups excluding carboxylic acids is 1. The summed E-state index contributed by atoms with van der Waals surface area (Å²) < 4.78 is 7.10. The van der Waals surface area contributed by atoms with Crippen molar-refractivity contribution in [3.63, 3.8) is 0 Å². The van der Waals surface area contributed by atoms with Crippen molar-refractivity contribution >= 4 is 17.2 Å². The maximum atomic E-state index is 11.1. The van der Waals surface area contributed by atoms with Crippen molar-refractivity contribution in [2.45, 2.75) is 13.5 Å². The zero-order valence-electron chi connectivity index (χ0n) is 9.93. The molecule has 0 fully saturated rings. The summed E-state index contributed by atoms with van der Waals surface area (Å²) in [4.78, 5) is 11.1. The van der Waals surface area contributed by atoms with Gasteiger partial charge in [-0.2, -0.15) is 0 Å². The Balaban J connectivity index is 2.75. The number of hydrogen-bond donors (Lipinski definition) is 1. The predicted molar refractivity (Wildman–Crippen MR) is 65.7 cm³/mol. The number of methoxy groups -OCH3 is 1. The van der Waals surface area contributed by atoms with Crippen molar-refractivity contribution in [2.24, 2.45) is 0 Å². The number of hydrogen-bond acceptors (Lipinski definition) is 3. The number of benzene rings is 1. The van der Waals surface area contributed by atoms with E-state index in [2.05, 4.69) is 0 Å². The summed E-state index contributed by atoms with van der Waals surface area (Å²) >= 11 is 0. The molecule has 0 aliphatic carbocycles. The number of rotatable bonds is 4. The molecule has 2 aromatic rings. The first-order valence-electron chi connectivity index (χ1n) is 5.45. The van der Waals surface area contributed by atoms with Crippen LogP contribution in [0.5, 0.6) is 5.75 Å². The van der Waals surface area contributed by atoms with Crippen LogP contribution in [-0.2, 0) is 6.54 Å². The van der Waals surface area contributed by atoms with Gasteiger partial charge in [0, 0.05) is 28.7 Å². The molecule has 4 heteroatoms. The van der Waals surface area contributed by atoms with Crippen LogP contribution in [0.4, 0.5) is 0 Å². The van der Waals surface area contributed by atoms with Crippen molar-refractivity contribution in [1.29, 1.82) is 0 Å². The number of nitrogens with zero attached hydrogens (tertiary/aromatic N) is 1. The summed E-state index contributed by atoms with van der Waals surface area (Å²) in [6.07, 6.45) is 0.852. The van der Waals surface area contributed by atoms with Gasteiger partial charge in [-0.15, -0.1) is 0 Å². The lowest BCUT2D eigenvalue weighted by Gasteiger charge is -2.05. The Morgan fingerprint density at radius 3 is 2.82 bits per heavy atom. The lowest BCUT2D eigenvalue weighted by Crippen LogP contribution is -2.04. The predicted octanol–water partition coefficient (Wildman–Crippen LogP) is 1.76. The van der Waals surface area contributed by atoms with Gasteiger partial charge in [-0.05, 0) is 25.1 Å². The van der Waals surface area contributed by atoms with E-state index in [9.17, 15) is 4.79 Å². The van der Waals surface area contributed by atoms with Crippen LogP contribution in [0.1, 0.15) is 16.1 Å². The molecule has 0 atom stereocenters. The van der Waals surface area contributed by atoms with Crippen molar-refractivity contribution in [3.8, 4) is 5.75 Å². The van der Waals surface area contributed by atoms with E-state index in [0.717, 1.165) is 28.6 Å². The van der Waals surface area contributed by atoms with Crippen LogP contribution >= 0.6 is 0 Å². The molecule has 0 saturated heterocycles. The van der Waals surface area contributed by atoms with Crippen LogP contribution in [0, 0.1) is 6.92 Å². The van der Waals surface area contributed by atoms with Crippen LogP contribution in [0.2, 0.25) is 0 Å². The van der Waals surface area contributed by atoms with Crippen LogP contribution in [-0.4, -0.2) is 29.7 Å². The largest absolute Gasteiger partial charge is 0.497 e. The Morgan fingerprint density at radius 1 is 1.47 bits per heavy atom. The number of aliphatic hydroxyl groups excluding tert-OH is 1. The molecule has 1 aromatic heterocycles. The molecule has 0 bridgehead atoms. The van der Waals surface area contributed by atoms with Gasteiger partial charge in [0.05, 0.1) is 13.7 Å². The normalized spacial score (nSPS) is 10.8. The summed E-state index contributed by atoms with van der Waals surface area (Å²) in [6, 6.07) is 5.61. The number of aromatic nitrogens is 1. The quantitative estimate of drug-likeness (QED) is 0.819. The molecule has 1 heterocycles. The summed E-state index contributed by atoms with van der Waals surface area (Å²) in [7, 11) is 1.60. The number of aliphatic hydroxyl groups is 1. The highest BCUT2D eigenvalue weighted by molar-refractivity contribution is 6.00. The van der Waals surface area contributed by atoms with E-state index < -0.39 is 0 Å². The molecule has 0 saturated carbocycles. The first-order valence-corrected chi connectivity index (χ1v) is 5.45. The van der Waals surface area contributed by atoms with Crippen molar-refractivity contribution in [2.75, 3.05) is 13.7 Å². The Kier molecular flexibility index (Phi) is 3.15. The number of aldehydes is 1. The van der Waals surface area contributed by atoms with Gasteiger partial charge in [0.1, 0.15) is 5.75 Å². The topological polar surface area (TPSA) is 51.5 Å². The van der Waals surface area contributed by atoms with Crippen LogP contribution in [0.25, 0.3) is 10.9 Å². The zero-order chi connectivity index (χ0) is 12.4. The van der Waals surface area contributed by atoms with Gasteiger partial charge >= 0.3 is 0 Å². The van der Waals surface area contributed by atoms with Crippen LogP contribution in [0.3, 0.4) is 0 Å². The third-order valence-electron chi connectivity index (χ3n) is 3.02. The highest BCUT2D eigenvalue weighted by atomic mass is 16.5. The fraction of sp³-hybridized carbons (Fsp3) is 0.308. The minimum Gasteiger partial charge on any atom is -0.497 e. The smallest absolute Gasteiger partial charge is 0.152 e. The molecule has 1 aromatic carbocycles. The average molecular weight is 233 g/mol. The second kappa shape index (κ2) is 4.59. The number of fused-ring (bicyclic) bond motifs is 1. The van der Waals surface area contributed by atoms with E-state index in [1.54, 1.807) is 7.11 Å². The number of carbonyl (C=O) groups is 1. The van der Waals surface area contributed by atoms with Gasteiger partial charge in [0.2, 0.25) is 0 Å². The van der Waals surface area contributed by atoms with Gasteiger partial charge in [-0.1, -0.05) is 0 Å². The third kappa shape index (κ3) is 1.80. The molecule has 0 aliphatic heterocycles. The van der Waals surface area contributed by atoms with E-state index in [-0.39, 0.29) is 6.61 Å². The molecule has 0 unspecified atom stereocenters. The Hall–Kier alpha value is -1.81. The van der Waals surface area contributed by atoms with Crippen LogP contribution < -0.4 is 4.74 Å². The molecule has 17 heavy (non-hydrogen) atoms. The van der Waals surface area contributed by atoms with Crippen molar-refractivity contribution < 1.29 is 14.6 Å². The SMILES string of the molecule is COc1ccc2c(c1)c(C=O)c(C)n2CCO. The molecule has 90 valence electrons. The summed E-state index contributed by atoms with van der Waals surface area (Å²) in [6.45, 7) is 2.42. The molecular formula is C13H15NO3. The molecule has 0 aliphatic rings. The standard InChI is InChI=1S/C13H15NO3/c1-9-12(8-16)11-7-10(17-2)3-4-13(11)14(9)5-6-15/h3-4,7-8,15H,5-6H2,1-2H3. The lowest BCUT2D eigenvalue weighted by molar-refractivity contribution is 0.112. The van der Waals surface area contributed by atoms with E-state index >= 15 is 0 Å². The zero-order valence-corrected chi connectivity index (χ0v) is 9.93. The van der Waals surface area contributed by atoms with E-state index in [1.165, 1.54) is 0 Å². The summed E-state index contributed by atoms with van der Waals surface area (Å²) in [5.41, 5.74) is 2.48. The molecule has 1 N–H and O–H groups in total. The van der Waals surface area contributed by atoms with E-state index in [0.29, 0.717) is 12.1 Å². The van der Waals surface area contributed by atoms with E-state index in [4.69, 9.17) is 9.84 Å². The molecule has 0 amide bonds. The fourth-order valence-corrected chi connectivity index (χ4v) is 2.15. The molecule has 4 nitrogen and oxygen atoms in total. The second-order valence-electron chi connectivity index (χ2n) is 3.88.